The molecule has 3 nitrogen and oxygen atoms in total. The van der Waals surface area contributed by atoms with Crippen molar-refractivity contribution in [3.63, 3.8) is 0 Å². The summed E-state index contributed by atoms with van der Waals surface area (Å²) >= 11 is 0. The molecule has 3 heteroatoms. The predicted octanol–water partition coefficient (Wildman–Crippen LogP) is 3.70. The van der Waals surface area contributed by atoms with Crippen molar-refractivity contribution in [3.05, 3.63) is 59.7 Å². The van der Waals surface area contributed by atoms with Gasteiger partial charge in [0.2, 0.25) is 0 Å². The molecule has 0 amide bonds. The van der Waals surface area contributed by atoms with Crippen LogP contribution in [-0.4, -0.2) is 11.1 Å². The number of benzene rings is 2. The zero-order valence-electron chi connectivity index (χ0n) is 11.5. The Labute approximate surface area is 119 Å². The molecule has 0 aliphatic carbocycles. The molecule has 0 fully saturated rings. The summed E-state index contributed by atoms with van der Waals surface area (Å²) < 4.78 is 0. The topological polar surface area (TPSA) is 56.0 Å². The average Bonchev–Trinajstić information content (AvgIpc) is 2.47. The summed E-state index contributed by atoms with van der Waals surface area (Å²) in [6, 6.07) is 17.3. The zero-order chi connectivity index (χ0) is 14.4. The van der Waals surface area contributed by atoms with Crippen LogP contribution in [0, 0.1) is 11.3 Å². The van der Waals surface area contributed by atoms with Gasteiger partial charge in [0, 0.05) is 11.7 Å². The Hall–Kier alpha value is -2.47. The number of anilines is 1. The zero-order valence-corrected chi connectivity index (χ0v) is 11.5. The number of rotatable bonds is 5. The van der Waals surface area contributed by atoms with Crippen LogP contribution in [0.3, 0.4) is 0 Å². The van der Waals surface area contributed by atoms with Crippen LogP contribution in [0.15, 0.2) is 48.5 Å². The van der Waals surface area contributed by atoms with Gasteiger partial charge in [0.05, 0.1) is 11.6 Å². The smallest absolute Gasteiger partial charge is 0.115 e. The lowest BCUT2D eigenvalue weighted by Gasteiger charge is -2.15. The SMILES string of the molecule is CC(CCc1ccc(O)cc1)Nc1ccc(C#N)cc1. The Balaban J connectivity index is 1.84. The highest BCUT2D eigenvalue weighted by molar-refractivity contribution is 5.47. The Kier molecular flexibility index (Phi) is 4.62. The number of hydrogen-bond donors (Lipinski definition) is 2. The van der Waals surface area contributed by atoms with E-state index >= 15 is 0 Å². The lowest BCUT2D eigenvalue weighted by atomic mass is 10.1. The standard InChI is InChI=1S/C17H18N2O/c1-13(2-3-14-6-10-17(20)11-7-14)19-16-8-4-15(12-18)5-9-16/h4-11,13,19-20H,2-3H2,1H3. The molecular formula is C17H18N2O. The third-order valence-electron chi connectivity index (χ3n) is 3.23. The molecule has 2 aromatic rings. The lowest BCUT2D eigenvalue weighted by molar-refractivity contribution is 0.475. The van der Waals surface area contributed by atoms with E-state index < -0.39 is 0 Å². The largest absolute Gasteiger partial charge is 0.508 e. The fraction of sp³-hybridized carbons (Fsp3) is 0.235. The Morgan fingerprint density at radius 3 is 2.35 bits per heavy atom. The van der Waals surface area contributed by atoms with Crippen LogP contribution < -0.4 is 5.32 Å². The van der Waals surface area contributed by atoms with Gasteiger partial charge < -0.3 is 10.4 Å². The van der Waals surface area contributed by atoms with Gasteiger partial charge in [-0.1, -0.05) is 12.1 Å². The van der Waals surface area contributed by atoms with Crippen LogP contribution >= 0.6 is 0 Å². The third-order valence-corrected chi connectivity index (χ3v) is 3.23. The first-order valence-electron chi connectivity index (χ1n) is 6.72. The summed E-state index contributed by atoms with van der Waals surface area (Å²) in [4.78, 5) is 0. The summed E-state index contributed by atoms with van der Waals surface area (Å²) in [7, 11) is 0. The van der Waals surface area contributed by atoms with Crippen molar-refractivity contribution in [2.75, 3.05) is 5.32 Å². The number of hydrogen-bond acceptors (Lipinski definition) is 3. The van der Waals surface area contributed by atoms with E-state index in [1.54, 1.807) is 12.1 Å². The first kappa shape index (κ1) is 14.0. The maximum atomic E-state index is 9.24. The van der Waals surface area contributed by atoms with Crippen molar-refractivity contribution >= 4 is 5.69 Å². The lowest BCUT2D eigenvalue weighted by Crippen LogP contribution is -2.15. The van der Waals surface area contributed by atoms with Crippen molar-refractivity contribution in [1.82, 2.24) is 0 Å². The number of aryl methyl sites for hydroxylation is 1. The van der Waals surface area contributed by atoms with E-state index in [1.807, 2.05) is 36.4 Å². The molecule has 2 N–H and O–H groups in total. The summed E-state index contributed by atoms with van der Waals surface area (Å²) in [5.74, 6) is 0.303. The third kappa shape index (κ3) is 4.03. The van der Waals surface area contributed by atoms with Crippen LogP contribution in [0.5, 0.6) is 5.75 Å². The van der Waals surface area contributed by atoms with E-state index in [-0.39, 0.29) is 0 Å². The molecule has 2 rings (SSSR count). The van der Waals surface area contributed by atoms with E-state index in [2.05, 4.69) is 18.3 Å². The molecule has 0 aliphatic rings. The van der Waals surface area contributed by atoms with Gasteiger partial charge in [-0.15, -0.1) is 0 Å². The maximum absolute atomic E-state index is 9.24. The summed E-state index contributed by atoms with van der Waals surface area (Å²) in [6.07, 6.45) is 1.97. The first-order chi connectivity index (χ1) is 9.67. The predicted molar refractivity (Wildman–Crippen MR) is 80.7 cm³/mol. The molecule has 20 heavy (non-hydrogen) atoms. The van der Waals surface area contributed by atoms with Crippen molar-refractivity contribution in [1.29, 1.82) is 5.26 Å². The number of phenolic OH excluding ortho intramolecular Hbond substituents is 1. The molecule has 0 aromatic heterocycles. The van der Waals surface area contributed by atoms with E-state index in [0.29, 0.717) is 17.4 Å². The second kappa shape index (κ2) is 6.63. The molecule has 0 aliphatic heterocycles. The number of phenols is 1. The quantitative estimate of drug-likeness (QED) is 0.867. The molecule has 0 saturated carbocycles. The van der Waals surface area contributed by atoms with E-state index in [4.69, 9.17) is 5.26 Å². The van der Waals surface area contributed by atoms with Crippen LogP contribution in [-0.2, 0) is 6.42 Å². The molecule has 0 radical (unpaired) electrons. The molecular weight excluding hydrogens is 248 g/mol. The fourth-order valence-electron chi connectivity index (χ4n) is 2.04. The number of aromatic hydroxyl groups is 1. The monoisotopic (exact) mass is 266 g/mol. The minimum atomic E-state index is 0.303. The van der Waals surface area contributed by atoms with Gasteiger partial charge in [-0.25, -0.2) is 0 Å². The van der Waals surface area contributed by atoms with Gasteiger partial charge in [-0.2, -0.15) is 5.26 Å². The number of nitrogens with one attached hydrogen (secondary N) is 1. The summed E-state index contributed by atoms with van der Waals surface area (Å²) in [5, 5.41) is 21.4. The van der Waals surface area contributed by atoms with Gasteiger partial charge in [-0.05, 0) is 61.7 Å². The van der Waals surface area contributed by atoms with Crippen LogP contribution in [0.4, 0.5) is 5.69 Å². The minimum absolute atomic E-state index is 0.303. The van der Waals surface area contributed by atoms with Crippen molar-refractivity contribution in [2.24, 2.45) is 0 Å². The molecule has 1 atom stereocenters. The van der Waals surface area contributed by atoms with Crippen LogP contribution in [0.2, 0.25) is 0 Å². The van der Waals surface area contributed by atoms with Gasteiger partial charge >= 0.3 is 0 Å². The number of nitrogens with zero attached hydrogens (tertiary/aromatic N) is 1. The second-order valence-electron chi connectivity index (χ2n) is 4.94. The molecule has 0 bridgehead atoms. The molecule has 1 unspecified atom stereocenters. The van der Waals surface area contributed by atoms with Gasteiger partial charge in [-0.3, -0.25) is 0 Å². The molecule has 102 valence electrons. The highest BCUT2D eigenvalue weighted by Crippen LogP contribution is 2.15. The van der Waals surface area contributed by atoms with Crippen LogP contribution in [0.1, 0.15) is 24.5 Å². The fourth-order valence-corrected chi connectivity index (χ4v) is 2.04. The highest BCUT2D eigenvalue weighted by Gasteiger charge is 2.03. The molecule has 0 saturated heterocycles. The summed E-state index contributed by atoms with van der Waals surface area (Å²) in [5.41, 5.74) is 2.92. The van der Waals surface area contributed by atoms with Gasteiger partial charge in [0.25, 0.3) is 0 Å². The van der Waals surface area contributed by atoms with E-state index in [0.717, 1.165) is 18.5 Å². The highest BCUT2D eigenvalue weighted by atomic mass is 16.3. The Morgan fingerprint density at radius 1 is 1.10 bits per heavy atom. The van der Waals surface area contributed by atoms with Crippen molar-refractivity contribution < 1.29 is 5.11 Å². The van der Waals surface area contributed by atoms with Gasteiger partial charge in [0.15, 0.2) is 0 Å². The molecule has 0 spiro atoms. The van der Waals surface area contributed by atoms with Crippen molar-refractivity contribution in [2.45, 2.75) is 25.8 Å². The minimum Gasteiger partial charge on any atom is -0.508 e. The maximum Gasteiger partial charge on any atom is 0.115 e. The average molecular weight is 266 g/mol. The van der Waals surface area contributed by atoms with Crippen LogP contribution in [0.25, 0.3) is 0 Å². The van der Waals surface area contributed by atoms with Crippen molar-refractivity contribution in [3.8, 4) is 11.8 Å². The summed E-state index contributed by atoms with van der Waals surface area (Å²) in [6.45, 7) is 2.14. The molecule has 2 aromatic carbocycles. The first-order valence-corrected chi connectivity index (χ1v) is 6.72. The molecule has 0 heterocycles. The number of nitriles is 1. The van der Waals surface area contributed by atoms with E-state index in [1.165, 1.54) is 5.56 Å². The Bertz CT molecular complexity index is 582. The van der Waals surface area contributed by atoms with Gasteiger partial charge in [0.1, 0.15) is 5.75 Å². The second-order valence-corrected chi connectivity index (χ2v) is 4.94. The normalized spacial score (nSPS) is 11.6. The van der Waals surface area contributed by atoms with E-state index in [9.17, 15) is 5.11 Å². The Morgan fingerprint density at radius 2 is 1.75 bits per heavy atom.